The summed E-state index contributed by atoms with van der Waals surface area (Å²) in [5, 5.41) is 0. The molecule has 0 atom stereocenters. The van der Waals surface area contributed by atoms with E-state index in [0.29, 0.717) is 5.75 Å². The zero-order valence-electron chi connectivity index (χ0n) is 16.2. The van der Waals surface area contributed by atoms with Gasteiger partial charge >= 0.3 is 33.0 Å². The van der Waals surface area contributed by atoms with Gasteiger partial charge in [0.05, 0.1) is 0 Å². The van der Waals surface area contributed by atoms with Gasteiger partial charge in [0.25, 0.3) is 0 Å². The Morgan fingerprint density at radius 3 is 1.71 bits per heavy atom. The normalized spacial score (nSPS) is 13.9. The van der Waals surface area contributed by atoms with Gasteiger partial charge in [-0.2, -0.15) is 0 Å². The minimum atomic E-state index is -10.7. The molecule has 0 amide bonds. The fraction of sp³-hybridized carbons (Fsp3) is 0.632. The van der Waals surface area contributed by atoms with Crippen molar-refractivity contribution < 1.29 is 30.0 Å². The number of ketones is 1. The third kappa shape index (κ3) is 20.0. The Kier molecular flexibility index (Phi) is 11.1. The number of Topliss-reactive ketones (excluding diaryl/α,β-unsaturated/α-hetero) is 1. The molecule has 0 heterocycles. The third-order valence-electron chi connectivity index (χ3n) is 4.03. The summed E-state index contributed by atoms with van der Waals surface area (Å²) in [6.07, 6.45) is 13.1. The molecule has 0 aliphatic rings. The third-order valence-corrected chi connectivity index (χ3v) is 4.35. The summed E-state index contributed by atoms with van der Waals surface area (Å²) >= 11 is 3.31. The van der Waals surface area contributed by atoms with E-state index in [1.54, 1.807) is 0 Å². The molecule has 0 saturated carbocycles. The summed E-state index contributed by atoms with van der Waals surface area (Å²) in [6, 6.07) is 8.04. The molecule has 0 bridgehead atoms. The van der Waals surface area contributed by atoms with Crippen LogP contribution < -0.4 is 0 Å². The maximum absolute atomic E-state index is 11.8. The van der Waals surface area contributed by atoms with Crippen LogP contribution in [-0.4, -0.2) is 11.5 Å². The van der Waals surface area contributed by atoms with Crippen molar-refractivity contribution in [3.8, 4) is 0 Å². The molecule has 0 radical (unpaired) electrons. The molecule has 0 aliphatic carbocycles. The Hall–Kier alpha value is -0.750. The Balaban J connectivity index is 0.000000887. The molecule has 1 aromatic rings. The first-order chi connectivity index (χ1) is 12.7. The van der Waals surface area contributed by atoms with E-state index in [0.717, 1.165) is 12.0 Å². The zero-order valence-corrected chi connectivity index (χ0v) is 18.1. The predicted molar refractivity (Wildman–Crippen MR) is 110 cm³/mol. The summed E-state index contributed by atoms with van der Waals surface area (Å²) in [5.74, 6) is 0.604. The summed E-state index contributed by atoms with van der Waals surface area (Å²) in [5.41, 5.74) is 2.11. The van der Waals surface area contributed by atoms with Crippen molar-refractivity contribution in [1.29, 1.82) is 0 Å². The van der Waals surface area contributed by atoms with Crippen LogP contribution in [-0.2, 0) is 19.0 Å². The number of unbranched alkanes of at least 4 members (excludes halogenated alkanes) is 8. The Bertz CT molecular complexity index is 578. The molecule has 166 valence electrons. The fourth-order valence-corrected chi connectivity index (χ4v) is 2.92. The van der Waals surface area contributed by atoms with Gasteiger partial charge in [-0.25, -0.2) is 0 Å². The molecule has 0 fully saturated rings. The maximum atomic E-state index is 11.8. The number of hydrogen-bond donors (Lipinski definition) is 0. The quantitative estimate of drug-likeness (QED) is 0.102. The van der Waals surface area contributed by atoms with Gasteiger partial charge in [0.15, 0.2) is 5.75 Å². The second kappa shape index (κ2) is 11.4. The van der Waals surface area contributed by atoms with Crippen LogP contribution in [0.3, 0.4) is 0 Å². The van der Waals surface area contributed by atoms with Gasteiger partial charge in [-0.3, -0.25) is 4.79 Å². The second-order valence-corrected chi connectivity index (χ2v) is 9.06. The molecule has 0 aliphatic heterocycles. The van der Waals surface area contributed by atoms with Crippen LogP contribution in [0.1, 0.15) is 80.6 Å². The Labute approximate surface area is 168 Å². The first-order valence-electron chi connectivity index (χ1n) is 9.56. The van der Waals surface area contributed by atoms with E-state index in [1.165, 1.54) is 63.4 Å². The molecule has 1 nitrogen and oxygen atoms in total. The van der Waals surface area contributed by atoms with E-state index in [2.05, 4.69) is 25.6 Å². The predicted octanol–water partition coefficient (Wildman–Crippen LogP) is 8.34. The average molecular weight is 452 g/mol. The average Bonchev–Trinajstić information content (AvgIpc) is 2.57. The standard InChI is InChI=1S/C19H30OS.F6P/c1-2-3-4-5-6-7-8-9-10-13-17-14-11-12-15-18(17)19(20)16-21;1-7(2,3,4,5)6/h11-12,14-15,21H,2-10,13,16H2,1H3;/q;-1/p+1. The van der Waals surface area contributed by atoms with E-state index in [-0.39, 0.29) is 5.78 Å². The molecule has 1 aromatic carbocycles. The minimum absolute atomic E-state index is 0.193. The molecular formula is C19H31F6OPS. The SMILES string of the molecule is CCCCCCCCCCCc1ccccc1C(=O)C[SH2+].F[P-](F)(F)(F)(F)F. The van der Waals surface area contributed by atoms with E-state index in [4.69, 9.17) is 0 Å². The summed E-state index contributed by atoms with van der Waals surface area (Å²) in [6.45, 7) is 2.26. The molecule has 28 heavy (non-hydrogen) atoms. The van der Waals surface area contributed by atoms with Crippen molar-refractivity contribution in [3.05, 3.63) is 35.4 Å². The second-order valence-electron chi connectivity index (χ2n) is 6.79. The number of carbonyl (C=O) groups is 1. The van der Waals surface area contributed by atoms with Crippen LogP contribution in [0.5, 0.6) is 0 Å². The molecule has 0 unspecified atom stereocenters. The van der Waals surface area contributed by atoms with Crippen molar-refractivity contribution in [2.75, 3.05) is 5.75 Å². The number of hydrogen-bond acceptors (Lipinski definition) is 1. The molecule has 0 aromatic heterocycles. The van der Waals surface area contributed by atoms with Crippen molar-refractivity contribution >= 4 is 26.2 Å². The Morgan fingerprint density at radius 2 is 1.25 bits per heavy atom. The molecule has 9 heteroatoms. The van der Waals surface area contributed by atoms with Crippen molar-refractivity contribution in [2.24, 2.45) is 0 Å². The molecular weight excluding hydrogens is 421 g/mol. The van der Waals surface area contributed by atoms with E-state index < -0.39 is 7.81 Å². The van der Waals surface area contributed by atoms with Crippen molar-refractivity contribution in [3.63, 3.8) is 0 Å². The van der Waals surface area contributed by atoms with Gasteiger partial charge in [-0.15, -0.1) is 0 Å². The number of benzene rings is 1. The Morgan fingerprint density at radius 1 is 0.821 bits per heavy atom. The van der Waals surface area contributed by atoms with Gasteiger partial charge in [-0.1, -0.05) is 82.6 Å². The molecule has 0 saturated heterocycles. The topological polar surface area (TPSA) is 17.1 Å². The van der Waals surface area contributed by atoms with Gasteiger partial charge in [0, 0.05) is 5.56 Å². The summed E-state index contributed by atoms with van der Waals surface area (Å²) in [7, 11) is -10.7. The first-order valence-corrected chi connectivity index (χ1v) is 12.3. The van der Waals surface area contributed by atoms with Crippen molar-refractivity contribution in [2.45, 2.75) is 71.1 Å². The number of halogens is 6. The number of carbonyl (C=O) groups excluding carboxylic acids is 1. The van der Waals surface area contributed by atoms with Crippen LogP contribution in [0, 0.1) is 0 Å². The molecule has 0 spiro atoms. The van der Waals surface area contributed by atoms with E-state index >= 15 is 0 Å². The molecule has 1 rings (SSSR count). The van der Waals surface area contributed by atoms with Gasteiger partial charge in [-0.05, 0) is 31.0 Å². The zero-order chi connectivity index (χ0) is 21.7. The summed E-state index contributed by atoms with van der Waals surface area (Å²) < 4.78 is 59.2. The number of rotatable bonds is 12. The van der Waals surface area contributed by atoms with Crippen molar-refractivity contribution in [1.82, 2.24) is 0 Å². The van der Waals surface area contributed by atoms with E-state index in [1.807, 2.05) is 18.2 Å². The fourth-order valence-electron chi connectivity index (χ4n) is 2.73. The van der Waals surface area contributed by atoms with Crippen LogP contribution in [0.15, 0.2) is 24.3 Å². The van der Waals surface area contributed by atoms with Gasteiger partial charge < -0.3 is 0 Å². The van der Waals surface area contributed by atoms with Crippen LogP contribution in [0.4, 0.5) is 25.2 Å². The van der Waals surface area contributed by atoms with Gasteiger partial charge in [0.1, 0.15) is 0 Å². The van der Waals surface area contributed by atoms with Crippen LogP contribution in [0.2, 0.25) is 0 Å². The summed E-state index contributed by atoms with van der Waals surface area (Å²) in [4.78, 5) is 11.8. The number of aryl methyl sites for hydroxylation is 1. The van der Waals surface area contributed by atoms with Crippen LogP contribution in [0.25, 0.3) is 0 Å². The first kappa shape index (κ1) is 27.2. The van der Waals surface area contributed by atoms with Crippen LogP contribution >= 0.6 is 7.81 Å². The van der Waals surface area contributed by atoms with Gasteiger partial charge in [0.2, 0.25) is 5.78 Å². The van der Waals surface area contributed by atoms with E-state index in [9.17, 15) is 30.0 Å². The molecule has 0 N–H and O–H groups in total. The monoisotopic (exact) mass is 452 g/mol.